The predicted molar refractivity (Wildman–Crippen MR) is 77.2 cm³/mol. The molecule has 0 spiro atoms. The molecule has 0 fully saturated rings. The number of nitrogens with zero attached hydrogens (tertiary/aromatic N) is 1. The average Bonchev–Trinajstić information content (AvgIpc) is 2.85. The van der Waals surface area contributed by atoms with Crippen molar-refractivity contribution in [1.82, 2.24) is 4.73 Å². The van der Waals surface area contributed by atoms with Crippen LogP contribution in [0.4, 0.5) is 0 Å². The number of fused-ring (bicyclic) bond motifs is 1. The van der Waals surface area contributed by atoms with E-state index in [1.807, 2.05) is 54.6 Å². The smallest absolute Gasteiger partial charge is 0.268 e. The summed E-state index contributed by atoms with van der Waals surface area (Å²) in [5.41, 5.74) is 7.62. The standard InChI is InChI=1S/C16H14N2O2/c17-16(19)15-10-13-8-4-5-9-14(13)18(15)20-11-12-6-2-1-3-7-12/h1-10H,11H2,(H2,17,19). The summed E-state index contributed by atoms with van der Waals surface area (Å²) in [6.07, 6.45) is 0. The minimum Gasteiger partial charge on any atom is -0.408 e. The number of primary amides is 1. The van der Waals surface area contributed by atoms with Gasteiger partial charge in [0.05, 0.1) is 5.52 Å². The minimum atomic E-state index is -0.505. The maximum Gasteiger partial charge on any atom is 0.268 e. The second-order valence-electron chi connectivity index (χ2n) is 4.51. The van der Waals surface area contributed by atoms with Crippen LogP contribution in [0.2, 0.25) is 0 Å². The lowest BCUT2D eigenvalue weighted by Gasteiger charge is -2.10. The van der Waals surface area contributed by atoms with Gasteiger partial charge < -0.3 is 10.6 Å². The third-order valence-electron chi connectivity index (χ3n) is 3.12. The van der Waals surface area contributed by atoms with E-state index in [4.69, 9.17) is 10.6 Å². The summed E-state index contributed by atoms with van der Waals surface area (Å²) in [5.74, 6) is -0.505. The van der Waals surface area contributed by atoms with Crippen LogP contribution in [0.1, 0.15) is 16.1 Å². The average molecular weight is 266 g/mol. The first-order valence-corrected chi connectivity index (χ1v) is 6.33. The molecule has 0 saturated carbocycles. The van der Waals surface area contributed by atoms with Crippen molar-refractivity contribution in [3.05, 3.63) is 71.9 Å². The zero-order chi connectivity index (χ0) is 13.9. The van der Waals surface area contributed by atoms with Gasteiger partial charge in [0.1, 0.15) is 12.3 Å². The fourth-order valence-electron chi connectivity index (χ4n) is 2.15. The van der Waals surface area contributed by atoms with Crippen LogP contribution in [0, 0.1) is 0 Å². The van der Waals surface area contributed by atoms with Gasteiger partial charge >= 0.3 is 0 Å². The molecule has 0 unspecified atom stereocenters. The Morgan fingerprint density at radius 3 is 2.50 bits per heavy atom. The Kier molecular flexibility index (Phi) is 3.13. The minimum absolute atomic E-state index is 0.349. The highest BCUT2D eigenvalue weighted by atomic mass is 16.7. The summed E-state index contributed by atoms with van der Waals surface area (Å²) >= 11 is 0. The fourth-order valence-corrected chi connectivity index (χ4v) is 2.15. The van der Waals surface area contributed by atoms with Crippen LogP contribution in [0.15, 0.2) is 60.7 Å². The molecule has 1 heterocycles. The molecular formula is C16H14N2O2. The van der Waals surface area contributed by atoms with Crippen molar-refractivity contribution in [3.63, 3.8) is 0 Å². The molecule has 0 atom stereocenters. The van der Waals surface area contributed by atoms with E-state index in [0.717, 1.165) is 16.5 Å². The summed E-state index contributed by atoms with van der Waals surface area (Å²) in [7, 11) is 0. The number of carbonyl (C=O) groups excluding carboxylic acids is 1. The normalized spacial score (nSPS) is 10.6. The second-order valence-corrected chi connectivity index (χ2v) is 4.51. The molecule has 3 rings (SSSR count). The van der Waals surface area contributed by atoms with Crippen molar-refractivity contribution in [2.24, 2.45) is 5.73 Å². The van der Waals surface area contributed by atoms with Gasteiger partial charge in [-0.2, -0.15) is 4.73 Å². The van der Waals surface area contributed by atoms with Gasteiger partial charge in [-0.05, 0) is 17.7 Å². The monoisotopic (exact) mass is 266 g/mol. The molecule has 4 nitrogen and oxygen atoms in total. The van der Waals surface area contributed by atoms with Crippen LogP contribution < -0.4 is 10.6 Å². The first-order chi connectivity index (χ1) is 9.75. The molecular weight excluding hydrogens is 252 g/mol. The lowest BCUT2D eigenvalue weighted by molar-refractivity contribution is 0.0840. The molecule has 1 amide bonds. The van der Waals surface area contributed by atoms with Gasteiger partial charge in [0.2, 0.25) is 0 Å². The van der Waals surface area contributed by atoms with Crippen LogP contribution in [0.3, 0.4) is 0 Å². The predicted octanol–water partition coefficient (Wildman–Crippen LogP) is 2.37. The third-order valence-corrected chi connectivity index (χ3v) is 3.12. The molecule has 2 aromatic carbocycles. The van der Waals surface area contributed by atoms with E-state index >= 15 is 0 Å². The van der Waals surface area contributed by atoms with Crippen molar-refractivity contribution in [2.75, 3.05) is 0 Å². The molecule has 4 heteroatoms. The van der Waals surface area contributed by atoms with E-state index in [-0.39, 0.29) is 0 Å². The zero-order valence-electron chi connectivity index (χ0n) is 10.8. The first kappa shape index (κ1) is 12.3. The van der Waals surface area contributed by atoms with Crippen molar-refractivity contribution >= 4 is 16.8 Å². The van der Waals surface area contributed by atoms with Crippen LogP contribution in [-0.4, -0.2) is 10.6 Å². The molecule has 0 aliphatic rings. The Balaban J connectivity index is 1.97. The van der Waals surface area contributed by atoms with Crippen molar-refractivity contribution in [2.45, 2.75) is 6.61 Å². The van der Waals surface area contributed by atoms with Crippen LogP contribution >= 0.6 is 0 Å². The number of aromatic nitrogens is 1. The number of amides is 1. The number of hydrogen-bond acceptors (Lipinski definition) is 2. The highest BCUT2D eigenvalue weighted by molar-refractivity contribution is 5.97. The molecule has 100 valence electrons. The third kappa shape index (κ3) is 2.23. The first-order valence-electron chi connectivity index (χ1n) is 6.33. The molecule has 0 aliphatic heterocycles. The van der Waals surface area contributed by atoms with E-state index < -0.39 is 5.91 Å². The highest BCUT2D eigenvalue weighted by Crippen LogP contribution is 2.18. The van der Waals surface area contributed by atoms with Crippen LogP contribution in [0.5, 0.6) is 0 Å². The number of benzene rings is 2. The van der Waals surface area contributed by atoms with E-state index in [0.29, 0.717) is 12.3 Å². The van der Waals surface area contributed by atoms with E-state index in [1.54, 1.807) is 6.07 Å². The Morgan fingerprint density at radius 2 is 1.75 bits per heavy atom. The summed E-state index contributed by atoms with van der Waals surface area (Å²) in [5, 5.41) is 0.925. The van der Waals surface area contributed by atoms with Gasteiger partial charge in [-0.3, -0.25) is 4.79 Å². The topological polar surface area (TPSA) is 57.2 Å². The van der Waals surface area contributed by atoms with Crippen molar-refractivity contribution < 1.29 is 9.63 Å². The van der Waals surface area contributed by atoms with Crippen molar-refractivity contribution in [3.8, 4) is 0 Å². The van der Waals surface area contributed by atoms with E-state index in [1.165, 1.54) is 4.73 Å². The molecule has 0 bridgehead atoms. The van der Waals surface area contributed by atoms with Crippen LogP contribution in [-0.2, 0) is 6.61 Å². The van der Waals surface area contributed by atoms with E-state index in [9.17, 15) is 4.79 Å². The molecule has 0 radical (unpaired) electrons. The van der Waals surface area contributed by atoms with Crippen molar-refractivity contribution in [1.29, 1.82) is 0 Å². The Bertz CT molecular complexity index is 748. The molecule has 2 N–H and O–H groups in total. The number of hydrogen-bond donors (Lipinski definition) is 1. The Morgan fingerprint density at radius 1 is 1.05 bits per heavy atom. The largest absolute Gasteiger partial charge is 0.408 e. The lowest BCUT2D eigenvalue weighted by Crippen LogP contribution is -2.21. The Hall–Kier alpha value is -2.75. The summed E-state index contributed by atoms with van der Waals surface area (Å²) in [6.45, 7) is 0.375. The quantitative estimate of drug-likeness (QED) is 0.788. The van der Waals surface area contributed by atoms with E-state index in [2.05, 4.69) is 0 Å². The lowest BCUT2D eigenvalue weighted by atomic mass is 10.2. The molecule has 3 aromatic rings. The molecule has 0 saturated heterocycles. The Labute approximate surface area is 116 Å². The molecule has 20 heavy (non-hydrogen) atoms. The maximum atomic E-state index is 11.5. The summed E-state index contributed by atoms with van der Waals surface area (Å²) < 4.78 is 1.50. The number of para-hydroxylation sites is 1. The number of rotatable bonds is 4. The molecule has 0 aliphatic carbocycles. The van der Waals surface area contributed by atoms with Gasteiger partial charge in [0.25, 0.3) is 5.91 Å². The highest BCUT2D eigenvalue weighted by Gasteiger charge is 2.13. The number of nitrogens with two attached hydrogens (primary N) is 1. The second kappa shape index (κ2) is 5.09. The zero-order valence-corrected chi connectivity index (χ0v) is 10.8. The SMILES string of the molecule is NC(=O)c1cc2ccccc2n1OCc1ccccc1. The van der Waals surface area contributed by atoms with Gasteiger partial charge in [0, 0.05) is 5.39 Å². The van der Waals surface area contributed by atoms with Gasteiger partial charge in [-0.1, -0.05) is 48.5 Å². The van der Waals surface area contributed by atoms with Gasteiger partial charge in [-0.15, -0.1) is 0 Å². The van der Waals surface area contributed by atoms with Crippen LogP contribution in [0.25, 0.3) is 10.9 Å². The van der Waals surface area contributed by atoms with Gasteiger partial charge in [-0.25, -0.2) is 0 Å². The molecule has 1 aromatic heterocycles. The summed E-state index contributed by atoms with van der Waals surface area (Å²) in [4.78, 5) is 17.3. The summed E-state index contributed by atoms with van der Waals surface area (Å²) in [6, 6.07) is 19.1. The van der Waals surface area contributed by atoms with Gasteiger partial charge in [0.15, 0.2) is 0 Å². The fraction of sp³-hybridized carbons (Fsp3) is 0.0625. The number of carbonyl (C=O) groups is 1. The maximum absolute atomic E-state index is 11.5.